The predicted octanol–water partition coefficient (Wildman–Crippen LogP) is 4.19. The zero-order valence-corrected chi connectivity index (χ0v) is 13.5. The summed E-state index contributed by atoms with van der Waals surface area (Å²) >= 11 is 0. The summed E-state index contributed by atoms with van der Waals surface area (Å²) in [7, 11) is 1.45. The van der Waals surface area contributed by atoms with E-state index in [9.17, 15) is 9.59 Å². The van der Waals surface area contributed by atoms with Crippen molar-refractivity contribution in [2.24, 2.45) is 0 Å². The highest BCUT2D eigenvalue weighted by atomic mass is 16.5. The van der Waals surface area contributed by atoms with Gasteiger partial charge >= 0.3 is 5.63 Å². The first-order chi connectivity index (χ1) is 12.2. The Hall–Kier alpha value is -3.40. The van der Waals surface area contributed by atoms with Gasteiger partial charge in [0.1, 0.15) is 11.3 Å². The fourth-order valence-electron chi connectivity index (χ4n) is 3.09. The molecule has 1 heterocycles. The molecular formula is C21H14O4. The minimum atomic E-state index is -0.700. The standard InChI is InChI=1S/C21H14O4/c1-24-20-16-10-4-5-12-17(16)25-21(23)18(20)19(22)15-11-6-8-13-7-2-3-9-14(13)15/h2-12H,1H3. The summed E-state index contributed by atoms with van der Waals surface area (Å²) in [5.41, 5.74) is 0.0452. The number of ether oxygens (including phenoxy) is 1. The first-order valence-corrected chi connectivity index (χ1v) is 7.83. The fraction of sp³-hybridized carbons (Fsp3) is 0.0476. The number of methoxy groups -OCH3 is 1. The van der Waals surface area contributed by atoms with Crippen molar-refractivity contribution in [1.29, 1.82) is 0 Å². The van der Waals surface area contributed by atoms with Crippen molar-refractivity contribution in [3.05, 3.63) is 88.3 Å². The zero-order chi connectivity index (χ0) is 17.4. The van der Waals surface area contributed by atoms with Crippen LogP contribution >= 0.6 is 0 Å². The van der Waals surface area contributed by atoms with Gasteiger partial charge in [0.2, 0.25) is 5.78 Å². The monoisotopic (exact) mass is 330 g/mol. The van der Waals surface area contributed by atoms with Gasteiger partial charge in [0.25, 0.3) is 0 Å². The van der Waals surface area contributed by atoms with E-state index in [1.54, 1.807) is 36.4 Å². The molecule has 0 fully saturated rings. The quantitative estimate of drug-likeness (QED) is 0.417. The number of para-hydroxylation sites is 1. The predicted molar refractivity (Wildman–Crippen MR) is 96.4 cm³/mol. The van der Waals surface area contributed by atoms with Crippen LogP contribution in [0.3, 0.4) is 0 Å². The van der Waals surface area contributed by atoms with E-state index in [1.165, 1.54) is 7.11 Å². The summed E-state index contributed by atoms with van der Waals surface area (Å²) in [4.78, 5) is 25.7. The molecule has 25 heavy (non-hydrogen) atoms. The molecule has 4 nitrogen and oxygen atoms in total. The molecule has 122 valence electrons. The smallest absolute Gasteiger partial charge is 0.351 e. The molecule has 0 unspecified atom stereocenters. The van der Waals surface area contributed by atoms with Crippen molar-refractivity contribution in [2.75, 3.05) is 7.11 Å². The maximum atomic E-state index is 13.2. The Labute approximate surface area is 143 Å². The Morgan fingerprint density at radius 3 is 2.36 bits per heavy atom. The van der Waals surface area contributed by atoms with E-state index in [0.717, 1.165) is 10.8 Å². The molecular weight excluding hydrogens is 316 g/mol. The fourth-order valence-corrected chi connectivity index (χ4v) is 3.09. The van der Waals surface area contributed by atoms with Gasteiger partial charge in [-0.2, -0.15) is 0 Å². The number of hydrogen-bond acceptors (Lipinski definition) is 4. The lowest BCUT2D eigenvalue weighted by Gasteiger charge is -2.10. The number of benzene rings is 3. The second-order valence-corrected chi connectivity index (χ2v) is 5.65. The van der Waals surface area contributed by atoms with Gasteiger partial charge in [0.15, 0.2) is 5.56 Å². The number of fused-ring (bicyclic) bond motifs is 2. The lowest BCUT2D eigenvalue weighted by atomic mass is 9.97. The van der Waals surface area contributed by atoms with Crippen LogP contribution < -0.4 is 10.4 Å². The van der Waals surface area contributed by atoms with Crippen molar-refractivity contribution >= 4 is 27.5 Å². The average Bonchev–Trinajstić information content (AvgIpc) is 2.66. The van der Waals surface area contributed by atoms with Crippen LogP contribution in [-0.2, 0) is 0 Å². The maximum absolute atomic E-state index is 13.2. The summed E-state index contributed by atoms with van der Waals surface area (Å²) in [5.74, 6) is -0.169. The van der Waals surface area contributed by atoms with Crippen molar-refractivity contribution in [2.45, 2.75) is 0 Å². The minimum absolute atomic E-state index is 0.0856. The molecule has 4 rings (SSSR count). The third-order valence-electron chi connectivity index (χ3n) is 4.23. The van der Waals surface area contributed by atoms with Crippen LogP contribution in [0.25, 0.3) is 21.7 Å². The van der Waals surface area contributed by atoms with Gasteiger partial charge in [-0.15, -0.1) is 0 Å². The van der Waals surface area contributed by atoms with Crippen molar-refractivity contribution in [3.8, 4) is 5.75 Å². The average molecular weight is 330 g/mol. The second-order valence-electron chi connectivity index (χ2n) is 5.65. The van der Waals surface area contributed by atoms with Gasteiger partial charge < -0.3 is 9.15 Å². The molecule has 4 heteroatoms. The summed E-state index contributed by atoms with van der Waals surface area (Å²) in [5, 5.41) is 2.30. The van der Waals surface area contributed by atoms with E-state index < -0.39 is 11.4 Å². The number of carbonyl (C=O) groups excluding carboxylic acids is 1. The maximum Gasteiger partial charge on any atom is 0.351 e. The Balaban J connectivity index is 2.02. The Morgan fingerprint density at radius 1 is 0.880 bits per heavy atom. The van der Waals surface area contributed by atoms with Crippen LogP contribution in [0.5, 0.6) is 5.75 Å². The van der Waals surface area contributed by atoms with E-state index in [4.69, 9.17) is 9.15 Å². The molecule has 0 atom stereocenters. The Kier molecular flexibility index (Phi) is 3.58. The van der Waals surface area contributed by atoms with Crippen LogP contribution in [-0.4, -0.2) is 12.9 Å². The molecule has 0 saturated heterocycles. The van der Waals surface area contributed by atoms with Crippen molar-refractivity contribution in [3.63, 3.8) is 0 Å². The third-order valence-corrected chi connectivity index (χ3v) is 4.23. The van der Waals surface area contributed by atoms with Crippen molar-refractivity contribution < 1.29 is 13.9 Å². The highest BCUT2D eigenvalue weighted by molar-refractivity contribution is 6.18. The van der Waals surface area contributed by atoms with Gasteiger partial charge in [-0.05, 0) is 22.9 Å². The number of hydrogen-bond donors (Lipinski definition) is 0. The molecule has 0 spiro atoms. The molecule has 0 radical (unpaired) electrons. The molecule has 0 N–H and O–H groups in total. The van der Waals surface area contributed by atoms with Gasteiger partial charge in [0, 0.05) is 5.56 Å². The molecule has 0 bridgehead atoms. The van der Waals surface area contributed by atoms with Crippen LogP contribution in [0.1, 0.15) is 15.9 Å². The summed E-state index contributed by atoms with van der Waals surface area (Å²) < 4.78 is 10.7. The van der Waals surface area contributed by atoms with Crippen molar-refractivity contribution in [1.82, 2.24) is 0 Å². The number of ketones is 1. The molecule has 3 aromatic carbocycles. The minimum Gasteiger partial charge on any atom is -0.495 e. The first-order valence-electron chi connectivity index (χ1n) is 7.83. The lowest BCUT2D eigenvalue weighted by molar-refractivity contribution is 0.103. The topological polar surface area (TPSA) is 56.5 Å². The summed E-state index contributed by atoms with van der Waals surface area (Å²) in [6.45, 7) is 0. The Morgan fingerprint density at radius 2 is 1.56 bits per heavy atom. The van der Waals surface area contributed by atoms with Gasteiger partial charge in [-0.25, -0.2) is 4.79 Å². The molecule has 0 saturated carbocycles. The first kappa shape index (κ1) is 15.1. The second kappa shape index (κ2) is 5.91. The van der Waals surface area contributed by atoms with Crippen LogP contribution in [0, 0.1) is 0 Å². The third kappa shape index (κ3) is 2.39. The largest absolute Gasteiger partial charge is 0.495 e. The number of carbonyl (C=O) groups is 1. The van der Waals surface area contributed by atoms with Gasteiger partial charge in [0.05, 0.1) is 12.5 Å². The van der Waals surface area contributed by atoms with Crippen LogP contribution in [0.4, 0.5) is 0 Å². The van der Waals surface area contributed by atoms with E-state index in [1.807, 2.05) is 30.3 Å². The van der Waals surface area contributed by atoms with E-state index >= 15 is 0 Å². The highest BCUT2D eigenvalue weighted by Gasteiger charge is 2.24. The van der Waals surface area contributed by atoms with Crippen LogP contribution in [0.15, 0.2) is 75.9 Å². The Bertz CT molecular complexity index is 1170. The lowest BCUT2D eigenvalue weighted by Crippen LogP contribution is -2.17. The van der Waals surface area contributed by atoms with E-state index in [-0.39, 0.29) is 11.3 Å². The number of rotatable bonds is 3. The molecule has 0 aliphatic heterocycles. The van der Waals surface area contributed by atoms with E-state index in [0.29, 0.717) is 16.5 Å². The molecule has 0 aliphatic rings. The van der Waals surface area contributed by atoms with E-state index in [2.05, 4.69) is 0 Å². The molecule has 0 amide bonds. The summed E-state index contributed by atoms with van der Waals surface area (Å²) in [6, 6.07) is 20.0. The molecule has 4 aromatic rings. The van der Waals surface area contributed by atoms with Gasteiger partial charge in [-0.3, -0.25) is 4.79 Å². The highest BCUT2D eigenvalue weighted by Crippen LogP contribution is 2.30. The molecule has 0 aliphatic carbocycles. The zero-order valence-electron chi connectivity index (χ0n) is 13.5. The summed E-state index contributed by atoms with van der Waals surface area (Å²) in [6.07, 6.45) is 0. The van der Waals surface area contributed by atoms with Crippen LogP contribution in [0.2, 0.25) is 0 Å². The van der Waals surface area contributed by atoms with Gasteiger partial charge in [-0.1, -0.05) is 54.6 Å². The SMILES string of the molecule is COc1c(C(=O)c2cccc3ccccc23)c(=O)oc2ccccc12. The normalized spacial score (nSPS) is 10.9. The molecule has 1 aromatic heterocycles.